The van der Waals surface area contributed by atoms with Gasteiger partial charge in [0.15, 0.2) is 6.61 Å². The van der Waals surface area contributed by atoms with Gasteiger partial charge < -0.3 is 19.9 Å². The van der Waals surface area contributed by atoms with Crippen LogP contribution in [0.25, 0.3) is 0 Å². The molecule has 5 heteroatoms. The van der Waals surface area contributed by atoms with Crippen molar-refractivity contribution in [3.05, 3.63) is 18.2 Å². The number of hydrogen-bond acceptors (Lipinski definition) is 4. The second kappa shape index (κ2) is 5.93. The molecule has 1 amide bonds. The van der Waals surface area contributed by atoms with Crippen molar-refractivity contribution in [2.75, 3.05) is 49.1 Å². The first-order valence-corrected chi connectivity index (χ1v) is 7.68. The van der Waals surface area contributed by atoms with E-state index in [1.54, 1.807) is 0 Å². The monoisotopic (exact) mass is 289 g/mol. The maximum absolute atomic E-state index is 12.1. The Balaban J connectivity index is 1.86. The van der Waals surface area contributed by atoms with E-state index in [-0.39, 0.29) is 12.5 Å². The van der Waals surface area contributed by atoms with Gasteiger partial charge in [-0.3, -0.25) is 4.79 Å². The molecular formula is C16H23N3O2. The highest BCUT2D eigenvalue weighted by molar-refractivity contribution is 5.98. The highest BCUT2D eigenvalue weighted by Gasteiger charge is 2.26. The Hall–Kier alpha value is -1.75. The van der Waals surface area contributed by atoms with Gasteiger partial charge in [-0.1, -0.05) is 13.8 Å². The molecule has 1 aromatic carbocycles. The smallest absolute Gasteiger partial charge is 0.265 e. The van der Waals surface area contributed by atoms with Crippen molar-refractivity contribution in [3.8, 4) is 5.75 Å². The maximum atomic E-state index is 12.1. The fourth-order valence-corrected chi connectivity index (χ4v) is 2.88. The molecular weight excluding hydrogens is 266 g/mol. The van der Waals surface area contributed by atoms with Gasteiger partial charge >= 0.3 is 0 Å². The van der Waals surface area contributed by atoms with Gasteiger partial charge in [-0.15, -0.1) is 0 Å². The zero-order valence-corrected chi connectivity index (χ0v) is 12.8. The summed E-state index contributed by atoms with van der Waals surface area (Å²) >= 11 is 0. The van der Waals surface area contributed by atoms with E-state index >= 15 is 0 Å². The van der Waals surface area contributed by atoms with Crippen LogP contribution in [0.5, 0.6) is 5.75 Å². The van der Waals surface area contributed by atoms with Crippen LogP contribution in [0.15, 0.2) is 18.2 Å². The molecule has 0 radical (unpaired) electrons. The summed E-state index contributed by atoms with van der Waals surface area (Å²) in [4.78, 5) is 16.3. The van der Waals surface area contributed by atoms with Crippen molar-refractivity contribution >= 4 is 17.3 Å². The van der Waals surface area contributed by atoms with Gasteiger partial charge in [0.25, 0.3) is 5.91 Å². The molecule has 1 N–H and O–H groups in total. The zero-order chi connectivity index (χ0) is 14.8. The van der Waals surface area contributed by atoms with Crippen LogP contribution in [0.4, 0.5) is 11.4 Å². The highest BCUT2D eigenvalue weighted by atomic mass is 16.5. The number of hydrogen-bond donors (Lipinski definition) is 1. The first kappa shape index (κ1) is 14.2. The van der Waals surface area contributed by atoms with Crippen molar-refractivity contribution in [1.29, 1.82) is 0 Å². The molecule has 0 saturated carbocycles. The van der Waals surface area contributed by atoms with E-state index in [9.17, 15) is 4.79 Å². The fraction of sp³-hybridized carbons (Fsp3) is 0.562. The number of rotatable bonds is 3. The Morgan fingerprint density at radius 1 is 1.29 bits per heavy atom. The molecule has 2 aliphatic rings. The number of fused-ring (bicyclic) bond motifs is 1. The molecule has 0 aromatic heterocycles. The first-order valence-electron chi connectivity index (χ1n) is 7.68. The zero-order valence-electron chi connectivity index (χ0n) is 12.8. The van der Waals surface area contributed by atoms with E-state index in [1.807, 2.05) is 11.0 Å². The third kappa shape index (κ3) is 2.97. The number of anilines is 2. The Morgan fingerprint density at radius 3 is 2.76 bits per heavy atom. The Bertz CT molecular complexity index is 524. The highest BCUT2D eigenvalue weighted by Crippen LogP contribution is 2.36. The van der Waals surface area contributed by atoms with Gasteiger partial charge in [0, 0.05) is 44.5 Å². The molecule has 3 rings (SSSR count). The van der Waals surface area contributed by atoms with Crippen molar-refractivity contribution in [3.63, 3.8) is 0 Å². The topological polar surface area (TPSA) is 44.8 Å². The van der Waals surface area contributed by atoms with Gasteiger partial charge in [-0.05, 0) is 18.1 Å². The maximum Gasteiger partial charge on any atom is 0.265 e. The SMILES string of the molecule is CC(C)CN1C(=O)COc2cc(N3CCNCC3)ccc21. The predicted molar refractivity (Wildman–Crippen MR) is 84.2 cm³/mol. The third-order valence-corrected chi connectivity index (χ3v) is 3.92. The van der Waals surface area contributed by atoms with Gasteiger partial charge in [-0.25, -0.2) is 0 Å². The van der Waals surface area contributed by atoms with Crippen LogP contribution in [0.2, 0.25) is 0 Å². The van der Waals surface area contributed by atoms with E-state index < -0.39 is 0 Å². The van der Waals surface area contributed by atoms with E-state index in [2.05, 4.69) is 36.2 Å². The van der Waals surface area contributed by atoms with E-state index in [0.717, 1.165) is 44.2 Å². The summed E-state index contributed by atoms with van der Waals surface area (Å²) in [5.41, 5.74) is 2.08. The lowest BCUT2D eigenvalue weighted by atomic mass is 10.1. The third-order valence-electron chi connectivity index (χ3n) is 3.92. The Morgan fingerprint density at radius 2 is 2.05 bits per heavy atom. The lowest BCUT2D eigenvalue weighted by molar-refractivity contribution is -0.121. The molecule has 1 aromatic rings. The molecule has 2 heterocycles. The summed E-state index contributed by atoms with van der Waals surface area (Å²) in [5, 5.41) is 3.36. The number of nitrogens with zero attached hydrogens (tertiary/aromatic N) is 2. The minimum Gasteiger partial charge on any atom is -0.481 e. The van der Waals surface area contributed by atoms with Crippen LogP contribution in [0, 0.1) is 5.92 Å². The molecule has 2 aliphatic heterocycles. The second-order valence-electron chi connectivity index (χ2n) is 6.08. The van der Waals surface area contributed by atoms with E-state index in [4.69, 9.17) is 4.74 Å². The average molecular weight is 289 g/mol. The summed E-state index contributed by atoms with van der Waals surface area (Å²) in [6, 6.07) is 6.19. The van der Waals surface area contributed by atoms with E-state index in [0.29, 0.717) is 5.92 Å². The number of ether oxygens (including phenoxy) is 1. The molecule has 21 heavy (non-hydrogen) atoms. The fourth-order valence-electron chi connectivity index (χ4n) is 2.88. The van der Waals surface area contributed by atoms with Crippen LogP contribution in [0.3, 0.4) is 0 Å². The normalized spacial score (nSPS) is 18.7. The lowest BCUT2D eigenvalue weighted by Gasteiger charge is -2.33. The quantitative estimate of drug-likeness (QED) is 0.915. The standard InChI is InChI=1S/C16H23N3O2/c1-12(2)10-19-14-4-3-13(18-7-5-17-6-8-18)9-15(14)21-11-16(19)20/h3-4,9,12,17H,5-8,10-11H2,1-2H3. The predicted octanol–water partition coefficient (Wildman–Crippen LogP) is 1.48. The number of piperazine rings is 1. The largest absolute Gasteiger partial charge is 0.481 e. The summed E-state index contributed by atoms with van der Waals surface area (Å²) < 4.78 is 5.65. The van der Waals surface area contributed by atoms with E-state index in [1.165, 1.54) is 5.69 Å². The first-order chi connectivity index (χ1) is 10.1. The van der Waals surface area contributed by atoms with Gasteiger partial charge in [-0.2, -0.15) is 0 Å². The number of nitrogens with one attached hydrogen (secondary N) is 1. The Kier molecular flexibility index (Phi) is 4.01. The molecule has 0 bridgehead atoms. The van der Waals surface area contributed by atoms with Crippen molar-refractivity contribution in [2.24, 2.45) is 5.92 Å². The van der Waals surface area contributed by atoms with Gasteiger partial charge in [0.1, 0.15) is 5.75 Å². The molecule has 1 saturated heterocycles. The summed E-state index contributed by atoms with van der Waals surface area (Å²) in [6.07, 6.45) is 0. The van der Waals surface area contributed by atoms with Crippen LogP contribution in [-0.2, 0) is 4.79 Å². The van der Waals surface area contributed by atoms with Crippen molar-refractivity contribution in [1.82, 2.24) is 5.32 Å². The average Bonchev–Trinajstić information content (AvgIpc) is 2.50. The van der Waals surface area contributed by atoms with Gasteiger partial charge in [0.2, 0.25) is 0 Å². The van der Waals surface area contributed by atoms with Crippen LogP contribution in [0.1, 0.15) is 13.8 Å². The molecule has 1 fully saturated rings. The minimum atomic E-state index is 0.0473. The van der Waals surface area contributed by atoms with Crippen LogP contribution >= 0.6 is 0 Å². The number of carbonyl (C=O) groups is 1. The molecule has 0 unspecified atom stereocenters. The minimum absolute atomic E-state index is 0.0473. The number of carbonyl (C=O) groups excluding carboxylic acids is 1. The summed E-state index contributed by atoms with van der Waals surface area (Å²) in [6.45, 7) is 9.16. The van der Waals surface area contributed by atoms with Crippen LogP contribution in [-0.4, -0.2) is 45.2 Å². The molecule has 0 spiro atoms. The molecule has 114 valence electrons. The van der Waals surface area contributed by atoms with Crippen LogP contribution < -0.4 is 19.9 Å². The summed E-state index contributed by atoms with van der Waals surface area (Å²) in [5.74, 6) is 1.31. The summed E-state index contributed by atoms with van der Waals surface area (Å²) in [7, 11) is 0. The van der Waals surface area contributed by atoms with Crippen molar-refractivity contribution < 1.29 is 9.53 Å². The second-order valence-corrected chi connectivity index (χ2v) is 6.08. The molecule has 0 atom stereocenters. The lowest BCUT2D eigenvalue weighted by Crippen LogP contribution is -2.44. The van der Waals surface area contributed by atoms with Crippen molar-refractivity contribution in [2.45, 2.75) is 13.8 Å². The Labute approximate surface area is 125 Å². The molecule has 5 nitrogen and oxygen atoms in total. The van der Waals surface area contributed by atoms with Gasteiger partial charge in [0.05, 0.1) is 5.69 Å². The number of benzene rings is 1. The molecule has 0 aliphatic carbocycles. The number of amides is 1.